The zero-order valence-corrected chi connectivity index (χ0v) is 11.4. The van der Waals surface area contributed by atoms with Gasteiger partial charge in [-0.3, -0.25) is 9.48 Å². The summed E-state index contributed by atoms with van der Waals surface area (Å²) in [6.07, 6.45) is 2.19. The van der Waals surface area contributed by atoms with Crippen LogP contribution < -0.4 is 0 Å². The first kappa shape index (κ1) is 12.0. The molecule has 0 aliphatic carbocycles. The van der Waals surface area contributed by atoms with E-state index in [9.17, 15) is 4.79 Å². The van der Waals surface area contributed by atoms with Crippen molar-refractivity contribution in [3.63, 3.8) is 0 Å². The Morgan fingerprint density at radius 3 is 2.76 bits per heavy atom. The van der Waals surface area contributed by atoms with Crippen LogP contribution in [0.1, 0.15) is 21.6 Å². The molecular formula is C13H13BrN2O. The summed E-state index contributed by atoms with van der Waals surface area (Å²) < 4.78 is 2.64. The standard InChI is InChI=1S/C13H13BrN2O/c1-9-5-10(7-11(14)6-9)13(17)8-12-3-4-16(2)15-12/h3-7H,8H2,1-2H3. The average Bonchev–Trinajstić information content (AvgIpc) is 2.62. The van der Waals surface area contributed by atoms with Gasteiger partial charge in [0.2, 0.25) is 0 Å². The molecule has 2 aromatic rings. The first-order valence-electron chi connectivity index (χ1n) is 5.33. The van der Waals surface area contributed by atoms with Crippen LogP contribution in [0.3, 0.4) is 0 Å². The quantitative estimate of drug-likeness (QED) is 0.816. The molecule has 0 saturated carbocycles. The van der Waals surface area contributed by atoms with E-state index >= 15 is 0 Å². The number of rotatable bonds is 3. The molecule has 0 N–H and O–H groups in total. The third kappa shape index (κ3) is 3.03. The summed E-state index contributed by atoms with van der Waals surface area (Å²) >= 11 is 3.40. The van der Waals surface area contributed by atoms with Gasteiger partial charge >= 0.3 is 0 Å². The fraction of sp³-hybridized carbons (Fsp3) is 0.231. The maximum absolute atomic E-state index is 12.1. The Kier molecular flexibility index (Phi) is 3.43. The van der Waals surface area contributed by atoms with Crippen LogP contribution in [0.4, 0.5) is 0 Å². The van der Waals surface area contributed by atoms with Crippen molar-refractivity contribution in [3.8, 4) is 0 Å². The normalized spacial score (nSPS) is 10.5. The molecule has 2 rings (SSSR count). The summed E-state index contributed by atoms with van der Waals surface area (Å²) in [5.41, 5.74) is 2.60. The molecule has 0 amide bonds. The zero-order valence-electron chi connectivity index (χ0n) is 9.77. The molecule has 0 unspecified atom stereocenters. The molecule has 0 fully saturated rings. The van der Waals surface area contributed by atoms with Gasteiger partial charge < -0.3 is 0 Å². The summed E-state index contributed by atoms with van der Waals surface area (Å²) in [6.45, 7) is 1.97. The molecule has 0 bridgehead atoms. The highest BCUT2D eigenvalue weighted by Gasteiger charge is 2.10. The maximum Gasteiger partial charge on any atom is 0.168 e. The summed E-state index contributed by atoms with van der Waals surface area (Å²) in [7, 11) is 1.84. The van der Waals surface area contributed by atoms with Crippen molar-refractivity contribution in [1.82, 2.24) is 9.78 Å². The summed E-state index contributed by atoms with van der Waals surface area (Å²) in [5, 5.41) is 4.21. The maximum atomic E-state index is 12.1. The Morgan fingerprint density at radius 2 is 2.18 bits per heavy atom. The predicted octanol–water partition coefficient (Wildman–Crippen LogP) is 2.92. The minimum atomic E-state index is 0.0908. The number of carbonyl (C=O) groups excluding carboxylic acids is 1. The average molecular weight is 293 g/mol. The molecule has 0 radical (unpaired) electrons. The van der Waals surface area contributed by atoms with Crippen LogP contribution in [0.2, 0.25) is 0 Å². The fourth-order valence-corrected chi connectivity index (χ4v) is 2.33. The van der Waals surface area contributed by atoms with Crippen molar-refractivity contribution in [1.29, 1.82) is 0 Å². The summed E-state index contributed by atoms with van der Waals surface area (Å²) in [6, 6.07) is 7.59. The van der Waals surface area contributed by atoms with Gasteiger partial charge in [-0.1, -0.05) is 15.9 Å². The van der Waals surface area contributed by atoms with Crippen molar-refractivity contribution in [2.45, 2.75) is 13.3 Å². The number of halogens is 1. The van der Waals surface area contributed by atoms with E-state index in [0.717, 1.165) is 21.3 Å². The lowest BCUT2D eigenvalue weighted by atomic mass is 10.0. The highest BCUT2D eigenvalue weighted by molar-refractivity contribution is 9.10. The van der Waals surface area contributed by atoms with Crippen LogP contribution >= 0.6 is 15.9 Å². The Hall–Kier alpha value is -1.42. The second kappa shape index (κ2) is 4.84. The number of ketones is 1. The lowest BCUT2D eigenvalue weighted by Crippen LogP contribution is -2.05. The topological polar surface area (TPSA) is 34.9 Å². The van der Waals surface area contributed by atoms with E-state index in [1.165, 1.54) is 0 Å². The van der Waals surface area contributed by atoms with E-state index in [1.54, 1.807) is 4.68 Å². The number of hydrogen-bond acceptors (Lipinski definition) is 2. The van der Waals surface area contributed by atoms with Gasteiger partial charge in [-0.25, -0.2) is 0 Å². The number of aromatic nitrogens is 2. The number of aryl methyl sites for hydroxylation is 2. The van der Waals surface area contributed by atoms with Crippen molar-refractivity contribution >= 4 is 21.7 Å². The first-order chi connectivity index (χ1) is 8.04. The van der Waals surface area contributed by atoms with Crippen molar-refractivity contribution in [2.24, 2.45) is 7.05 Å². The lowest BCUT2D eigenvalue weighted by molar-refractivity contribution is 0.0991. The Morgan fingerprint density at radius 1 is 1.41 bits per heavy atom. The SMILES string of the molecule is Cc1cc(Br)cc(C(=O)Cc2ccn(C)n2)c1. The summed E-state index contributed by atoms with van der Waals surface area (Å²) in [4.78, 5) is 12.1. The minimum absolute atomic E-state index is 0.0908. The zero-order chi connectivity index (χ0) is 12.4. The van der Waals surface area contributed by atoms with Gasteiger partial charge in [0, 0.05) is 23.3 Å². The third-order valence-corrected chi connectivity index (χ3v) is 2.93. The van der Waals surface area contributed by atoms with Crippen LogP contribution in [0.15, 0.2) is 34.9 Å². The van der Waals surface area contributed by atoms with E-state index in [0.29, 0.717) is 6.42 Å². The van der Waals surface area contributed by atoms with Crippen molar-refractivity contribution < 1.29 is 4.79 Å². The molecule has 3 nitrogen and oxygen atoms in total. The number of hydrogen-bond donors (Lipinski definition) is 0. The highest BCUT2D eigenvalue weighted by Crippen LogP contribution is 2.16. The van der Waals surface area contributed by atoms with Crippen molar-refractivity contribution in [3.05, 3.63) is 51.8 Å². The second-order valence-electron chi connectivity index (χ2n) is 4.10. The van der Waals surface area contributed by atoms with E-state index < -0.39 is 0 Å². The number of nitrogens with zero attached hydrogens (tertiary/aromatic N) is 2. The van der Waals surface area contributed by atoms with Crippen molar-refractivity contribution in [2.75, 3.05) is 0 Å². The van der Waals surface area contributed by atoms with Crippen LogP contribution in [0.25, 0.3) is 0 Å². The van der Waals surface area contributed by atoms with Gasteiger partial charge in [-0.15, -0.1) is 0 Å². The molecule has 88 valence electrons. The van der Waals surface area contributed by atoms with Gasteiger partial charge in [0.25, 0.3) is 0 Å². The molecule has 0 atom stereocenters. The Balaban J connectivity index is 2.19. The molecule has 1 aromatic carbocycles. The van der Waals surface area contributed by atoms with E-state index in [4.69, 9.17) is 0 Å². The van der Waals surface area contributed by atoms with Crippen LogP contribution in [-0.2, 0) is 13.5 Å². The molecule has 1 heterocycles. The molecule has 0 aliphatic rings. The lowest BCUT2D eigenvalue weighted by Gasteiger charge is -2.02. The molecule has 0 saturated heterocycles. The molecular weight excluding hydrogens is 280 g/mol. The van der Waals surface area contributed by atoms with Gasteiger partial charge in [-0.05, 0) is 36.8 Å². The fourth-order valence-electron chi connectivity index (χ4n) is 1.72. The van der Waals surface area contributed by atoms with Crippen LogP contribution in [0, 0.1) is 6.92 Å². The Bertz CT molecular complexity index is 540. The van der Waals surface area contributed by atoms with Gasteiger partial charge in [0.1, 0.15) is 0 Å². The second-order valence-corrected chi connectivity index (χ2v) is 5.01. The largest absolute Gasteiger partial charge is 0.294 e. The van der Waals surface area contributed by atoms with Crippen LogP contribution in [-0.4, -0.2) is 15.6 Å². The molecule has 17 heavy (non-hydrogen) atoms. The molecule has 0 spiro atoms. The van der Waals surface area contributed by atoms with Gasteiger partial charge in [-0.2, -0.15) is 5.10 Å². The summed E-state index contributed by atoms with van der Waals surface area (Å²) in [5.74, 6) is 0.0908. The van der Waals surface area contributed by atoms with E-state index in [2.05, 4.69) is 21.0 Å². The van der Waals surface area contributed by atoms with Crippen LogP contribution in [0.5, 0.6) is 0 Å². The highest BCUT2D eigenvalue weighted by atomic mass is 79.9. The number of benzene rings is 1. The first-order valence-corrected chi connectivity index (χ1v) is 6.13. The monoisotopic (exact) mass is 292 g/mol. The number of Topliss-reactive ketones (excluding diaryl/α,β-unsaturated/α-hetero) is 1. The smallest absolute Gasteiger partial charge is 0.168 e. The number of carbonyl (C=O) groups is 1. The van der Waals surface area contributed by atoms with Gasteiger partial charge in [0.05, 0.1) is 12.1 Å². The molecule has 1 aromatic heterocycles. The van der Waals surface area contributed by atoms with E-state index in [1.807, 2.05) is 44.4 Å². The Labute approximate surface area is 109 Å². The predicted molar refractivity (Wildman–Crippen MR) is 70.1 cm³/mol. The molecule has 0 aliphatic heterocycles. The van der Waals surface area contributed by atoms with E-state index in [-0.39, 0.29) is 5.78 Å². The third-order valence-electron chi connectivity index (χ3n) is 2.47. The molecule has 4 heteroatoms. The van der Waals surface area contributed by atoms with Gasteiger partial charge in [0.15, 0.2) is 5.78 Å². The minimum Gasteiger partial charge on any atom is -0.294 e.